The Kier molecular flexibility index (Phi) is 5.02. The van der Waals surface area contributed by atoms with Gasteiger partial charge in [0.05, 0.1) is 6.54 Å². The first-order valence-corrected chi connectivity index (χ1v) is 6.29. The van der Waals surface area contributed by atoms with E-state index in [1.165, 1.54) is 4.90 Å². The van der Waals surface area contributed by atoms with Gasteiger partial charge in [0.2, 0.25) is 0 Å². The van der Waals surface area contributed by atoms with Gasteiger partial charge in [0, 0.05) is 6.54 Å². The first-order chi connectivity index (χ1) is 8.55. The summed E-state index contributed by atoms with van der Waals surface area (Å²) in [4.78, 5) is 24.8. The van der Waals surface area contributed by atoms with Gasteiger partial charge in [-0.3, -0.25) is 0 Å². The highest BCUT2D eigenvalue weighted by atomic mass is 16.4. The monoisotopic (exact) mass is 252 g/mol. The molecule has 2 N–H and O–H groups in total. The number of rotatable bonds is 4. The van der Waals surface area contributed by atoms with Crippen LogP contribution in [-0.2, 0) is 4.79 Å². The molecule has 0 radical (unpaired) electrons. The number of carboxylic acid groups (broad SMARTS) is 1. The zero-order valence-corrected chi connectivity index (χ0v) is 10.7. The summed E-state index contributed by atoms with van der Waals surface area (Å²) in [7, 11) is 0. The molecule has 0 saturated heterocycles. The quantitative estimate of drug-likeness (QED) is 0.744. The van der Waals surface area contributed by atoms with Crippen molar-refractivity contribution in [1.29, 1.82) is 0 Å². The molecule has 1 rings (SSSR count). The minimum absolute atomic E-state index is 0.192. The molecule has 1 fully saturated rings. The van der Waals surface area contributed by atoms with Gasteiger partial charge >= 0.3 is 12.0 Å². The van der Waals surface area contributed by atoms with E-state index in [-0.39, 0.29) is 12.6 Å². The van der Waals surface area contributed by atoms with Crippen LogP contribution in [0, 0.1) is 12.3 Å². The number of amides is 2. The number of nitrogens with zero attached hydrogens (tertiary/aromatic N) is 1. The molecule has 0 aromatic carbocycles. The van der Waals surface area contributed by atoms with Gasteiger partial charge < -0.3 is 15.3 Å². The van der Waals surface area contributed by atoms with E-state index in [0.29, 0.717) is 19.4 Å². The summed E-state index contributed by atoms with van der Waals surface area (Å²) in [5, 5.41) is 12.0. The normalized spacial score (nSPS) is 17.6. The molecule has 1 aliphatic carbocycles. The molecule has 0 aromatic heterocycles. The highest BCUT2D eigenvalue weighted by molar-refractivity contribution is 5.86. The van der Waals surface area contributed by atoms with E-state index in [1.807, 2.05) is 6.92 Å². The van der Waals surface area contributed by atoms with Gasteiger partial charge in [0.15, 0.2) is 0 Å². The van der Waals surface area contributed by atoms with Crippen LogP contribution >= 0.6 is 0 Å². The summed E-state index contributed by atoms with van der Waals surface area (Å²) < 4.78 is 0. The van der Waals surface area contributed by atoms with Crippen molar-refractivity contribution in [2.24, 2.45) is 0 Å². The summed E-state index contributed by atoms with van der Waals surface area (Å²) >= 11 is 0. The zero-order valence-electron chi connectivity index (χ0n) is 10.7. The van der Waals surface area contributed by atoms with Gasteiger partial charge in [-0.15, -0.1) is 6.42 Å². The van der Waals surface area contributed by atoms with Crippen LogP contribution in [0.25, 0.3) is 0 Å². The Morgan fingerprint density at radius 1 is 1.39 bits per heavy atom. The smallest absolute Gasteiger partial charge is 0.329 e. The molecule has 0 unspecified atom stereocenters. The van der Waals surface area contributed by atoms with E-state index in [1.54, 1.807) is 0 Å². The second-order valence-corrected chi connectivity index (χ2v) is 4.60. The van der Waals surface area contributed by atoms with Crippen LogP contribution in [0.1, 0.15) is 39.0 Å². The van der Waals surface area contributed by atoms with E-state index < -0.39 is 11.5 Å². The lowest BCUT2D eigenvalue weighted by atomic mass is 9.82. The van der Waals surface area contributed by atoms with Gasteiger partial charge in [0.1, 0.15) is 5.54 Å². The number of carbonyl (C=O) groups is 2. The molecule has 0 aromatic rings. The van der Waals surface area contributed by atoms with Crippen LogP contribution in [0.2, 0.25) is 0 Å². The van der Waals surface area contributed by atoms with Gasteiger partial charge in [-0.1, -0.05) is 25.2 Å². The average Bonchev–Trinajstić information content (AvgIpc) is 2.36. The molecule has 5 heteroatoms. The van der Waals surface area contributed by atoms with Crippen molar-refractivity contribution in [3.8, 4) is 12.3 Å². The number of aliphatic carboxylic acids is 1. The third-order valence-corrected chi connectivity index (χ3v) is 3.41. The van der Waals surface area contributed by atoms with Crippen LogP contribution in [0.5, 0.6) is 0 Å². The predicted molar refractivity (Wildman–Crippen MR) is 68.1 cm³/mol. The van der Waals surface area contributed by atoms with E-state index in [9.17, 15) is 14.7 Å². The number of nitrogens with one attached hydrogen (secondary N) is 1. The lowest BCUT2D eigenvalue weighted by molar-refractivity contribution is -0.145. The molecule has 18 heavy (non-hydrogen) atoms. The van der Waals surface area contributed by atoms with Crippen molar-refractivity contribution in [1.82, 2.24) is 10.2 Å². The van der Waals surface area contributed by atoms with E-state index in [0.717, 1.165) is 19.3 Å². The first-order valence-electron chi connectivity index (χ1n) is 6.29. The molecule has 0 bridgehead atoms. The van der Waals surface area contributed by atoms with Gasteiger partial charge in [-0.2, -0.15) is 0 Å². The molecule has 0 heterocycles. The standard InChI is InChI=1S/C13H20N2O3/c1-3-10-15(4-2)12(18)14-13(11(16)17)8-6-5-7-9-13/h1H,4-10H2,2H3,(H,14,18)(H,16,17). The number of carboxylic acids is 1. The summed E-state index contributed by atoms with van der Waals surface area (Å²) in [6, 6.07) is -0.389. The Labute approximate surface area is 108 Å². The molecular formula is C13H20N2O3. The highest BCUT2D eigenvalue weighted by Gasteiger charge is 2.41. The van der Waals surface area contributed by atoms with E-state index in [4.69, 9.17) is 6.42 Å². The lowest BCUT2D eigenvalue weighted by Gasteiger charge is -2.35. The fraction of sp³-hybridized carbons (Fsp3) is 0.692. The number of hydrogen-bond donors (Lipinski definition) is 2. The van der Waals surface area contributed by atoms with Crippen molar-refractivity contribution in [2.75, 3.05) is 13.1 Å². The predicted octanol–water partition coefficient (Wildman–Crippen LogP) is 1.44. The fourth-order valence-corrected chi connectivity index (χ4v) is 2.27. The van der Waals surface area contributed by atoms with Crippen molar-refractivity contribution < 1.29 is 14.7 Å². The first kappa shape index (κ1) is 14.4. The maximum atomic E-state index is 12.0. The third kappa shape index (κ3) is 3.16. The number of hydrogen-bond acceptors (Lipinski definition) is 2. The second-order valence-electron chi connectivity index (χ2n) is 4.60. The number of terminal acetylenes is 1. The molecule has 2 amide bonds. The van der Waals surface area contributed by atoms with Crippen molar-refractivity contribution in [3.05, 3.63) is 0 Å². The molecule has 0 aliphatic heterocycles. The fourth-order valence-electron chi connectivity index (χ4n) is 2.27. The number of urea groups is 1. The van der Waals surface area contributed by atoms with E-state index >= 15 is 0 Å². The van der Waals surface area contributed by atoms with Crippen LogP contribution in [0.4, 0.5) is 4.79 Å². The minimum Gasteiger partial charge on any atom is -0.480 e. The summed E-state index contributed by atoms with van der Waals surface area (Å²) in [5.41, 5.74) is -1.11. The van der Waals surface area contributed by atoms with Crippen molar-refractivity contribution >= 4 is 12.0 Å². The average molecular weight is 252 g/mol. The summed E-state index contributed by atoms with van der Waals surface area (Å²) in [6.07, 6.45) is 8.83. The maximum Gasteiger partial charge on any atom is 0.329 e. The molecule has 5 nitrogen and oxygen atoms in total. The Bertz CT molecular complexity index is 354. The Hall–Kier alpha value is -1.70. The van der Waals surface area contributed by atoms with Gasteiger partial charge in [-0.25, -0.2) is 9.59 Å². The molecule has 1 aliphatic rings. The summed E-state index contributed by atoms with van der Waals surface area (Å²) in [6.45, 7) is 2.47. The second kappa shape index (κ2) is 6.29. The molecule has 1 saturated carbocycles. The topological polar surface area (TPSA) is 69.6 Å². The highest BCUT2D eigenvalue weighted by Crippen LogP contribution is 2.28. The lowest BCUT2D eigenvalue weighted by Crippen LogP contribution is -2.58. The molecule has 100 valence electrons. The van der Waals surface area contributed by atoms with Crippen LogP contribution in [-0.4, -0.2) is 40.6 Å². The maximum absolute atomic E-state index is 12.0. The van der Waals surface area contributed by atoms with Crippen LogP contribution < -0.4 is 5.32 Å². The Balaban J connectivity index is 2.75. The van der Waals surface area contributed by atoms with Gasteiger partial charge in [0.25, 0.3) is 0 Å². The largest absolute Gasteiger partial charge is 0.480 e. The van der Waals surface area contributed by atoms with Crippen molar-refractivity contribution in [3.63, 3.8) is 0 Å². The Morgan fingerprint density at radius 3 is 2.44 bits per heavy atom. The van der Waals surface area contributed by atoms with E-state index in [2.05, 4.69) is 11.2 Å². The van der Waals surface area contributed by atoms with Gasteiger partial charge in [-0.05, 0) is 19.8 Å². The Morgan fingerprint density at radius 2 is 2.00 bits per heavy atom. The molecule has 0 atom stereocenters. The summed E-state index contributed by atoms with van der Waals surface area (Å²) in [5.74, 6) is 1.44. The number of carbonyl (C=O) groups excluding carboxylic acids is 1. The molecular weight excluding hydrogens is 232 g/mol. The minimum atomic E-state index is -1.11. The zero-order chi connectivity index (χ0) is 13.6. The third-order valence-electron chi connectivity index (χ3n) is 3.41. The van der Waals surface area contributed by atoms with Crippen LogP contribution in [0.3, 0.4) is 0 Å². The molecule has 0 spiro atoms. The van der Waals surface area contributed by atoms with Crippen LogP contribution in [0.15, 0.2) is 0 Å². The van der Waals surface area contributed by atoms with Crippen molar-refractivity contribution in [2.45, 2.75) is 44.6 Å². The SMILES string of the molecule is C#CCN(CC)C(=O)NC1(C(=O)O)CCCCC1.